The standard InChI is InChI=1S/C12H21NO3S/c1-6-16-11(14)10-7-9(10)8(2)13-17(15)12(3,4)5/h9-10H,6-7H2,1-5H3/b13-8+/t9-,10+,17+/m0/s1. The molecule has 0 aromatic heterocycles. The van der Waals surface area contributed by atoms with E-state index in [0.29, 0.717) is 6.61 Å². The Labute approximate surface area is 105 Å². The molecule has 0 unspecified atom stereocenters. The number of hydrogen-bond donors (Lipinski definition) is 0. The van der Waals surface area contributed by atoms with Crippen molar-refractivity contribution in [3.8, 4) is 0 Å². The molecule has 0 saturated heterocycles. The first kappa shape index (κ1) is 14.4. The fraction of sp³-hybridized carbons (Fsp3) is 0.833. The van der Waals surface area contributed by atoms with Crippen molar-refractivity contribution in [3.63, 3.8) is 0 Å². The lowest BCUT2D eigenvalue weighted by Crippen LogP contribution is -2.21. The molecule has 98 valence electrons. The summed E-state index contributed by atoms with van der Waals surface area (Å²) in [4.78, 5) is 11.4. The second kappa shape index (κ2) is 5.29. The minimum absolute atomic E-state index is 0.0735. The predicted octanol–water partition coefficient (Wildman–Crippen LogP) is 2.11. The second-order valence-electron chi connectivity index (χ2n) is 5.29. The Bertz CT molecular complexity index is 357. The second-order valence-corrected chi connectivity index (χ2v) is 7.20. The average molecular weight is 259 g/mol. The van der Waals surface area contributed by atoms with Gasteiger partial charge in [0.15, 0.2) is 0 Å². The van der Waals surface area contributed by atoms with Gasteiger partial charge in [0.2, 0.25) is 0 Å². The Morgan fingerprint density at radius 1 is 1.41 bits per heavy atom. The van der Waals surface area contributed by atoms with E-state index in [-0.39, 0.29) is 22.6 Å². The molecule has 0 aromatic rings. The maximum Gasteiger partial charge on any atom is 0.309 e. The van der Waals surface area contributed by atoms with Crippen molar-refractivity contribution in [3.05, 3.63) is 0 Å². The highest BCUT2D eigenvalue weighted by molar-refractivity contribution is 7.85. The third-order valence-electron chi connectivity index (χ3n) is 2.67. The van der Waals surface area contributed by atoms with Gasteiger partial charge in [-0.1, -0.05) is 0 Å². The van der Waals surface area contributed by atoms with Crippen LogP contribution >= 0.6 is 0 Å². The molecular formula is C12H21NO3S. The van der Waals surface area contributed by atoms with Gasteiger partial charge in [0.25, 0.3) is 0 Å². The summed E-state index contributed by atoms with van der Waals surface area (Å²) in [5.74, 6) is -0.107. The van der Waals surface area contributed by atoms with Crippen LogP contribution in [-0.4, -0.2) is 27.2 Å². The summed E-state index contributed by atoms with van der Waals surface area (Å²) >= 11 is 0. The van der Waals surface area contributed by atoms with Crippen LogP contribution in [0.4, 0.5) is 0 Å². The van der Waals surface area contributed by atoms with E-state index in [2.05, 4.69) is 4.40 Å². The van der Waals surface area contributed by atoms with E-state index in [1.807, 2.05) is 27.7 Å². The van der Waals surface area contributed by atoms with Crippen LogP contribution in [0.5, 0.6) is 0 Å². The first-order chi connectivity index (χ1) is 7.77. The highest BCUT2D eigenvalue weighted by Gasteiger charge is 2.46. The number of ether oxygens (including phenoxy) is 1. The fourth-order valence-corrected chi connectivity index (χ4v) is 2.17. The largest absolute Gasteiger partial charge is 0.466 e. The van der Waals surface area contributed by atoms with Crippen LogP contribution in [0.3, 0.4) is 0 Å². The molecule has 0 heterocycles. The summed E-state index contributed by atoms with van der Waals surface area (Å²) in [7, 11) is -1.24. The van der Waals surface area contributed by atoms with E-state index >= 15 is 0 Å². The molecule has 0 amide bonds. The highest BCUT2D eigenvalue weighted by atomic mass is 32.2. The van der Waals surface area contributed by atoms with E-state index in [0.717, 1.165) is 12.1 Å². The Morgan fingerprint density at radius 3 is 2.47 bits per heavy atom. The lowest BCUT2D eigenvalue weighted by atomic mass is 10.2. The smallest absolute Gasteiger partial charge is 0.309 e. The zero-order chi connectivity index (χ0) is 13.2. The molecule has 1 fully saturated rings. The van der Waals surface area contributed by atoms with Gasteiger partial charge in [0, 0.05) is 11.6 Å². The van der Waals surface area contributed by atoms with Crippen molar-refractivity contribution in [2.45, 2.75) is 45.8 Å². The van der Waals surface area contributed by atoms with Crippen molar-refractivity contribution in [2.24, 2.45) is 16.2 Å². The Kier molecular flexibility index (Phi) is 4.47. The maximum atomic E-state index is 11.8. The first-order valence-corrected chi connectivity index (χ1v) is 7.01. The van der Waals surface area contributed by atoms with Crippen LogP contribution in [0.25, 0.3) is 0 Å². The summed E-state index contributed by atoms with van der Waals surface area (Å²) in [5.41, 5.74) is 0.802. The quantitative estimate of drug-likeness (QED) is 0.574. The van der Waals surface area contributed by atoms with Gasteiger partial charge >= 0.3 is 5.97 Å². The summed E-state index contributed by atoms with van der Waals surface area (Å²) in [6, 6.07) is 0. The molecule has 1 aliphatic rings. The number of hydrogen-bond acceptors (Lipinski definition) is 3. The summed E-state index contributed by atoms with van der Waals surface area (Å²) < 4.78 is 20.6. The van der Waals surface area contributed by atoms with Crippen molar-refractivity contribution >= 4 is 22.7 Å². The van der Waals surface area contributed by atoms with Crippen molar-refractivity contribution < 1.29 is 13.7 Å². The third kappa shape index (κ3) is 3.91. The Hall–Kier alpha value is -0.710. The monoisotopic (exact) mass is 259 g/mol. The minimum atomic E-state index is -1.24. The van der Waals surface area contributed by atoms with Gasteiger partial charge in [0.05, 0.1) is 17.3 Å². The van der Waals surface area contributed by atoms with Crippen molar-refractivity contribution in [1.29, 1.82) is 0 Å². The molecule has 0 bridgehead atoms. The SMILES string of the molecule is CCOC(=O)[C@@H]1C[C@H]1/C(C)=N/[S@](=O)C(C)(C)C. The lowest BCUT2D eigenvalue weighted by molar-refractivity contribution is -0.144. The fourth-order valence-electron chi connectivity index (χ4n) is 1.50. The number of carbonyl (C=O) groups is 1. The normalized spacial score (nSPS) is 26.5. The molecular weight excluding hydrogens is 238 g/mol. The van der Waals surface area contributed by atoms with Gasteiger partial charge in [0.1, 0.15) is 11.0 Å². The number of rotatable bonds is 4. The lowest BCUT2D eigenvalue weighted by Gasteiger charge is -2.14. The molecule has 1 rings (SSSR count). The summed E-state index contributed by atoms with van der Waals surface area (Å²) in [6.07, 6.45) is 0.773. The molecule has 0 N–H and O–H groups in total. The molecule has 1 aliphatic carbocycles. The first-order valence-electron chi connectivity index (χ1n) is 5.91. The van der Waals surface area contributed by atoms with E-state index in [1.54, 1.807) is 6.92 Å². The maximum absolute atomic E-state index is 11.8. The minimum Gasteiger partial charge on any atom is -0.466 e. The van der Waals surface area contributed by atoms with Crippen molar-refractivity contribution in [2.75, 3.05) is 6.61 Å². The van der Waals surface area contributed by atoms with E-state index < -0.39 is 11.0 Å². The van der Waals surface area contributed by atoms with Crippen LogP contribution in [0, 0.1) is 11.8 Å². The Morgan fingerprint density at radius 2 is 2.00 bits per heavy atom. The molecule has 4 nitrogen and oxygen atoms in total. The Balaban J connectivity index is 2.57. The van der Waals surface area contributed by atoms with Crippen LogP contribution in [0.2, 0.25) is 0 Å². The van der Waals surface area contributed by atoms with Crippen molar-refractivity contribution in [1.82, 2.24) is 0 Å². The predicted molar refractivity (Wildman–Crippen MR) is 69.2 cm³/mol. The molecule has 0 aromatic carbocycles. The van der Waals surface area contributed by atoms with E-state index in [9.17, 15) is 9.00 Å². The number of nitrogens with zero attached hydrogens (tertiary/aromatic N) is 1. The zero-order valence-electron chi connectivity index (χ0n) is 11.1. The van der Waals surface area contributed by atoms with E-state index in [4.69, 9.17) is 4.74 Å². The van der Waals surface area contributed by atoms with Crippen LogP contribution in [0.15, 0.2) is 4.40 Å². The van der Waals surface area contributed by atoms with Gasteiger partial charge in [-0.15, -0.1) is 0 Å². The van der Waals surface area contributed by atoms with Gasteiger partial charge in [-0.2, -0.15) is 4.40 Å². The molecule has 3 atom stereocenters. The van der Waals surface area contributed by atoms with Crippen LogP contribution in [-0.2, 0) is 20.5 Å². The highest BCUT2D eigenvalue weighted by Crippen LogP contribution is 2.41. The molecule has 17 heavy (non-hydrogen) atoms. The molecule has 5 heteroatoms. The van der Waals surface area contributed by atoms with E-state index in [1.165, 1.54) is 0 Å². The molecule has 0 aliphatic heterocycles. The average Bonchev–Trinajstić information content (AvgIpc) is 2.95. The van der Waals surface area contributed by atoms with Gasteiger partial charge in [-0.25, -0.2) is 4.21 Å². The number of carbonyl (C=O) groups excluding carboxylic acids is 1. The van der Waals surface area contributed by atoms with Crippen LogP contribution < -0.4 is 0 Å². The number of esters is 1. The topological polar surface area (TPSA) is 55.7 Å². The zero-order valence-corrected chi connectivity index (χ0v) is 12.0. The molecule has 1 saturated carbocycles. The van der Waals surface area contributed by atoms with Crippen LogP contribution in [0.1, 0.15) is 41.0 Å². The molecule has 0 spiro atoms. The summed E-state index contributed by atoms with van der Waals surface area (Å²) in [5, 5.41) is 0. The molecule has 0 radical (unpaired) electrons. The third-order valence-corrected chi connectivity index (χ3v) is 4.17. The van der Waals surface area contributed by atoms with Gasteiger partial charge in [-0.05, 0) is 41.0 Å². The summed E-state index contributed by atoms with van der Waals surface area (Å²) in [6.45, 7) is 9.70. The van der Waals surface area contributed by atoms with Gasteiger partial charge < -0.3 is 4.74 Å². The van der Waals surface area contributed by atoms with Gasteiger partial charge in [-0.3, -0.25) is 4.79 Å².